The van der Waals surface area contributed by atoms with Crippen molar-refractivity contribution in [3.05, 3.63) is 29.8 Å². The van der Waals surface area contributed by atoms with Crippen LogP contribution in [0.25, 0.3) is 0 Å². The lowest BCUT2D eigenvalue weighted by atomic mass is 9.87. The molecule has 0 aliphatic rings. The number of hydrogen-bond acceptors (Lipinski definition) is 2. The SMILES string of the molecule is Cc1ccccc1OCCCCC(C)(C)C(=O)O. The number of para-hydroxylation sites is 1. The highest BCUT2D eigenvalue weighted by molar-refractivity contribution is 5.73. The number of benzene rings is 1. The predicted octanol–water partition coefficient (Wildman–Crippen LogP) is 3.65. The Kier molecular flexibility index (Phi) is 5.20. The number of rotatable bonds is 7. The molecule has 0 amide bonds. The van der Waals surface area contributed by atoms with E-state index in [1.807, 2.05) is 31.2 Å². The van der Waals surface area contributed by atoms with E-state index in [-0.39, 0.29) is 0 Å². The molecule has 0 aromatic heterocycles. The minimum Gasteiger partial charge on any atom is -0.493 e. The smallest absolute Gasteiger partial charge is 0.309 e. The Labute approximate surface area is 109 Å². The summed E-state index contributed by atoms with van der Waals surface area (Å²) in [6.45, 7) is 6.18. The van der Waals surface area contributed by atoms with Crippen LogP contribution in [-0.4, -0.2) is 17.7 Å². The number of aliphatic carboxylic acids is 1. The monoisotopic (exact) mass is 250 g/mol. The zero-order chi connectivity index (χ0) is 13.6. The molecule has 1 aromatic rings. The first-order valence-electron chi connectivity index (χ1n) is 6.35. The number of unbranched alkanes of at least 4 members (excludes halogenated alkanes) is 1. The molecule has 0 spiro atoms. The highest BCUT2D eigenvalue weighted by atomic mass is 16.5. The fraction of sp³-hybridized carbons (Fsp3) is 0.533. The maximum absolute atomic E-state index is 10.9. The van der Waals surface area contributed by atoms with E-state index >= 15 is 0 Å². The molecular formula is C15H22O3. The number of carboxylic acids is 1. The first kappa shape index (κ1) is 14.6. The normalized spacial score (nSPS) is 11.3. The maximum Gasteiger partial charge on any atom is 0.309 e. The Bertz CT molecular complexity index is 396. The summed E-state index contributed by atoms with van der Waals surface area (Å²) in [6.07, 6.45) is 2.43. The summed E-state index contributed by atoms with van der Waals surface area (Å²) in [4.78, 5) is 10.9. The molecule has 3 heteroatoms. The molecule has 1 N–H and O–H groups in total. The van der Waals surface area contributed by atoms with Crippen molar-refractivity contribution < 1.29 is 14.6 Å². The van der Waals surface area contributed by atoms with E-state index in [0.717, 1.165) is 24.2 Å². The van der Waals surface area contributed by atoms with Crippen LogP contribution >= 0.6 is 0 Å². The summed E-state index contributed by atoms with van der Waals surface area (Å²) in [5.41, 5.74) is 0.492. The van der Waals surface area contributed by atoms with Crippen molar-refractivity contribution in [1.29, 1.82) is 0 Å². The van der Waals surface area contributed by atoms with Crippen LogP contribution in [0.3, 0.4) is 0 Å². The van der Waals surface area contributed by atoms with E-state index in [1.54, 1.807) is 13.8 Å². The number of ether oxygens (including phenoxy) is 1. The zero-order valence-electron chi connectivity index (χ0n) is 11.4. The molecule has 0 saturated heterocycles. The molecule has 0 atom stereocenters. The van der Waals surface area contributed by atoms with E-state index in [4.69, 9.17) is 9.84 Å². The summed E-state index contributed by atoms with van der Waals surface area (Å²) in [5.74, 6) is 0.178. The number of carboxylic acid groups (broad SMARTS) is 1. The minimum absolute atomic E-state index is 0.636. The van der Waals surface area contributed by atoms with Crippen molar-refractivity contribution in [2.24, 2.45) is 5.41 Å². The van der Waals surface area contributed by atoms with Crippen molar-refractivity contribution in [2.75, 3.05) is 6.61 Å². The standard InChI is InChI=1S/C15H22O3/c1-12-8-4-5-9-13(12)18-11-7-6-10-15(2,3)14(16)17/h4-5,8-9H,6-7,10-11H2,1-3H3,(H,16,17). The van der Waals surface area contributed by atoms with Gasteiger partial charge in [0.25, 0.3) is 0 Å². The molecule has 0 saturated carbocycles. The van der Waals surface area contributed by atoms with Gasteiger partial charge in [0.1, 0.15) is 5.75 Å². The number of carbonyl (C=O) groups is 1. The van der Waals surface area contributed by atoms with Gasteiger partial charge in [-0.2, -0.15) is 0 Å². The van der Waals surface area contributed by atoms with Gasteiger partial charge in [-0.1, -0.05) is 18.2 Å². The van der Waals surface area contributed by atoms with Gasteiger partial charge in [0.15, 0.2) is 0 Å². The highest BCUT2D eigenvalue weighted by Gasteiger charge is 2.25. The number of aryl methyl sites for hydroxylation is 1. The zero-order valence-corrected chi connectivity index (χ0v) is 11.4. The molecule has 0 radical (unpaired) electrons. The largest absolute Gasteiger partial charge is 0.493 e. The second kappa shape index (κ2) is 6.43. The lowest BCUT2D eigenvalue weighted by molar-refractivity contribution is -0.147. The van der Waals surface area contributed by atoms with Crippen LogP contribution in [0.5, 0.6) is 5.75 Å². The molecule has 3 nitrogen and oxygen atoms in total. The van der Waals surface area contributed by atoms with E-state index in [2.05, 4.69) is 0 Å². The van der Waals surface area contributed by atoms with Gasteiger partial charge < -0.3 is 9.84 Å². The quantitative estimate of drug-likeness (QED) is 0.751. The summed E-state index contributed by atoms with van der Waals surface area (Å²) in [6, 6.07) is 7.91. The Morgan fingerprint density at radius 1 is 1.28 bits per heavy atom. The van der Waals surface area contributed by atoms with Crippen LogP contribution in [0.2, 0.25) is 0 Å². The third-order valence-corrected chi connectivity index (χ3v) is 3.13. The summed E-state index contributed by atoms with van der Waals surface area (Å²) >= 11 is 0. The van der Waals surface area contributed by atoms with Crippen molar-refractivity contribution in [2.45, 2.75) is 40.0 Å². The fourth-order valence-electron chi connectivity index (χ4n) is 1.68. The molecule has 1 rings (SSSR count). The average molecular weight is 250 g/mol. The average Bonchev–Trinajstić information content (AvgIpc) is 2.30. The molecule has 1 aromatic carbocycles. The van der Waals surface area contributed by atoms with Crippen molar-refractivity contribution >= 4 is 5.97 Å². The van der Waals surface area contributed by atoms with Crippen LogP contribution in [0.4, 0.5) is 0 Å². The Morgan fingerprint density at radius 3 is 2.56 bits per heavy atom. The summed E-state index contributed by atoms with van der Waals surface area (Å²) in [7, 11) is 0. The maximum atomic E-state index is 10.9. The van der Waals surface area contributed by atoms with Crippen LogP contribution < -0.4 is 4.74 Å². The lowest BCUT2D eigenvalue weighted by Gasteiger charge is -2.18. The Morgan fingerprint density at radius 2 is 1.94 bits per heavy atom. The van der Waals surface area contributed by atoms with Gasteiger partial charge in [-0.05, 0) is 51.7 Å². The molecule has 0 aliphatic carbocycles. The van der Waals surface area contributed by atoms with Crippen molar-refractivity contribution in [1.82, 2.24) is 0 Å². The van der Waals surface area contributed by atoms with Gasteiger partial charge in [-0.15, -0.1) is 0 Å². The molecule has 0 unspecified atom stereocenters. The van der Waals surface area contributed by atoms with Crippen LogP contribution in [0, 0.1) is 12.3 Å². The Hall–Kier alpha value is -1.51. The predicted molar refractivity (Wildman–Crippen MR) is 71.9 cm³/mol. The minimum atomic E-state index is -0.734. The molecule has 0 aliphatic heterocycles. The lowest BCUT2D eigenvalue weighted by Crippen LogP contribution is -2.23. The second-order valence-corrected chi connectivity index (χ2v) is 5.26. The highest BCUT2D eigenvalue weighted by Crippen LogP contribution is 2.23. The molecule has 0 fully saturated rings. The molecule has 0 bridgehead atoms. The molecular weight excluding hydrogens is 228 g/mol. The second-order valence-electron chi connectivity index (χ2n) is 5.26. The van der Waals surface area contributed by atoms with Gasteiger partial charge >= 0.3 is 5.97 Å². The summed E-state index contributed by atoms with van der Waals surface area (Å²) in [5, 5.41) is 8.98. The molecule has 0 heterocycles. The van der Waals surface area contributed by atoms with E-state index in [0.29, 0.717) is 13.0 Å². The van der Waals surface area contributed by atoms with Gasteiger partial charge in [0.05, 0.1) is 12.0 Å². The van der Waals surface area contributed by atoms with Gasteiger partial charge in [-0.25, -0.2) is 0 Å². The molecule has 18 heavy (non-hydrogen) atoms. The van der Waals surface area contributed by atoms with Crippen LogP contribution in [-0.2, 0) is 4.79 Å². The first-order valence-corrected chi connectivity index (χ1v) is 6.35. The van der Waals surface area contributed by atoms with Gasteiger partial charge in [0, 0.05) is 0 Å². The summed E-state index contributed by atoms with van der Waals surface area (Å²) < 4.78 is 5.66. The van der Waals surface area contributed by atoms with E-state index in [9.17, 15) is 4.79 Å². The van der Waals surface area contributed by atoms with Crippen molar-refractivity contribution in [3.8, 4) is 5.75 Å². The number of hydrogen-bond donors (Lipinski definition) is 1. The van der Waals surface area contributed by atoms with Crippen LogP contribution in [0.15, 0.2) is 24.3 Å². The third-order valence-electron chi connectivity index (χ3n) is 3.13. The first-order chi connectivity index (χ1) is 8.43. The van der Waals surface area contributed by atoms with E-state index in [1.165, 1.54) is 0 Å². The van der Waals surface area contributed by atoms with Crippen molar-refractivity contribution in [3.63, 3.8) is 0 Å². The molecule has 100 valence electrons. The fourth-order valence-corrected chi connectivity index (χ4v) is 1.68. The van der Waals surface area contributed by atoms with E-state index < -0.39 is 11.4 Å². The third kappa shape index (κ3) is 4.40. The topological polar surface area (TPSA) is 46.5 Å². The van der Waals surface area contributed by atoms with Gasteiger partial charge in [-0.3, -0.25) is 4.79 Å². The van der Waals surface area contributed by atoms with Gasteiger partial charge in [0.2, 0.25) is 0 Å². The Balaban J connectivity index is 2.24. The van der Waals surface area contributed by atoms with Crippen LogP contribution in [0.1, 0.15) is 38.7 Å².